The van der Waals surface area contributed by atoms with Crippen LogP contribution in [0.4, 0.5) is 0 Å². The highest BCUT2D eigenvalue weighted by Crippen LogP contribution is 2.42. The lowest BCUT2D eigenvalue weighted by Crippen LogP contribution is -2.65. The third-order valence-electron chi connectivity index (χ3n) is 9.43. The first-order chi connectivity index (χ1) is 23.5. The van der Waals surface area contributed by atoms with Crippen molar-refractivity contribution < 1.29 is 108 Å². The topological polar surface area (TPSA) is 348 Å². The van der Waals surface area contributed by atoms with Crippen LogP contribution in [-0.2, 0) is 72.2 Å². The second-order valence-electron chi connectivity index (χ2n) is 12.5. The standard InChI is InChI=1S/C25H38O23S2/c26-2-10-14(29)16(31)17(32)24(43-10)45-19-13-6-41-22(19)23(48-50(36,37)38)25(44-13)46-21-15(30)9(42-11(3-27)20(21)47-49(33,34)35)1-7-12-5-40-18(7)8(28)4-39-12/h4,7-30,32H,1-3,5-6H2,(H,33,34,35)(H,36,37,38)/p-2/t7-,8-,9-,10+,11+,12-,13-,14-,15-,16-,17+,18+,19-,20-,21+,22+,23+,24-,25+/m0/s1. The maximum Gasteiger partial charge on any atom is 0.218 e. The predicted octanol–water partition coefficient (Wildman–Crippen LogP) is -6.74. The average molecular weight is 769 g/mol. The minimum absolute atomic E-state index is 0.0689. The largest absolute Gasteiger partial charge is 0.726 e. The van der Waals surface area contributed by atoms with Gasteiger partial charge in [0.15, 0.2) is 24.8 Å². The minimum Gasteiger partial charge on any atom is -0.726 e. The van der Waals surface area contributed by atoms with E-state index in [2.05, 4.69) is 8.37 Å². The van der Waals surface area contributed by atoms with Crippen molar-refractivity contribution in [1.29, 1.82) is 0 Å². The average Bonchev–Trinajstić information content (AvgIpc) is 3.50. The summed E-state index contributed by atoms with van der Waals surface area (Å²) >= 11 is 0. The maximum atomic E-state index is 12.4. The van der Waals surface area contributed by atoms with Gasteiger partial charge < -0.3 is 77.6 Å². The van der Waals surface area contributed by atoms with Crippen molar-refractivity contribution in [3.63, 3.8) is 0 Å². The Balaban J connectivity index is 1.26. The van der Waals surface area contributed by atoms with Crippen molar-refractivity contribution in [3.05, 3.63) is 6.61 Å². The third-order valence-corrected chi connectivity index (χ3v) is 10.3. The van der Waals surface area contributed by atoms with Crippen LogP contribution in [-0.4, -0.2) is 193 Å². The van der Waals surface area contributed by atoms with Gasteiger partial charge in [0, 0.05) is 5.92 Å². The van der Waals surface area contributed by atoms with Gasteiger partial charge in [0.05, 0.1) is 44.7 Å². The van der Waals surface area contributed by atoms with Crippen LogP contribution in [0, 0.1) is 12.5 Å². The van der Waals surface area contributed by atoms with Gasteiger partial charge in [0.1, 0.15) is 73.8 Å². The van der Waals surface area contributed by atoms with Crippen LogP contribution in [0.2, 0.25) is 0 Å². The zero-order valence-electron chi connectivity index (χ0n) is 25.5. The third kappa shape index (κ3) is 7.98. The molecule has 50 heavy (non-hydrogen) atoms. The van der Waals surface area contributed by atoms with Gasteiger partial charge in [-0.1, -0.05) is 0 Å². The molecule has 23 nitrogen and oxygen atoms in total. The first-order valence-electron chi connectivity index (χ1n) is 15.4. The summed E-state index contributed by atoms with van der Waals surface area (Å²) in [5, 5.41) is 74.1. The molecule has 6 N–H and O–H groups in total. The Hall–Kier alpha value is -0.860. The summed E-state index contributed by atoms with van der Waals surface area (Å²) in [6.45, 7) is -1.02. The quantitative estimate of drug-likeness (QED) is 0.0793. The zero-order chi connectivity index (χ0) is 36.3. The first-order valence-corrected chi connectivity index (χ1v) is 18.0. The molecule has 25 heteroatoms. The van der Waals surface area contributed by atoms with Crippen molar-refractivity contribution in [2.24, 2.45) is 5.92 Å². The van der Waals surface area contributed by atoms with Gasteiger partial charge in [-0.05, 0) is 6.42 Å². The summed E-state index contributed by atoms with van der Waals surface area (Å²) in [6, 6.07) is 0. The molecule has 0 aromatic rings. The molecule has 0 aliphatic carbocycles. The Morgan fingerprint density at radius 1 is 0.680 bits per heavy atom. The molecule has 6 aliphatic heterocycles. The molecule has 0 saturated carbocycles. The normalized spacial score (nSPS) is 49.7. The van der Waals surface area contributed by atoms with E-state index in [-0.39, 0.29) is 13.0 Å². The molecular weight excluding hydrogens is 732 g/mol. The molecule has 0 spiro atoms. The molecular formula is C25H36O23S2-2. The number of ether oxygens (including phenoxy) is 8. The van der Waals surface area contributed by atoms with Gasteiger partial charge in [0.2, 0.25) is 20.8 Å². The van der Waals surface area contributed by atoms with Crippen molar-refractivity contribution >= 4 is 20.8 Å². The summed E-state index contributed by atoms with van der Waals surface area (Å²) in [5.41, 5.74) is 0. The summed E-state index contributed by atoms with van der Waals surface area (Å²) in [7, 11) is -11.2. The molecule has 0 aromatic heterocycles. The van der Waals surface area contributed by atoms with Crippen LogP contribution in [0.5, 0.6) is 0 Å². The van der Waals surface area contributed by atoms with Crippen LogP contribution in [0.3, 0.4) is 0 Å². The molecule has 6 heterocycles. The molecule has 0 unspecified atom stereocenters. The van der Waals surface area contributed by atoms with Crippen LogP contribution in [0.15, 0.2) is 0 Å². The van der Waals surface area contributed by atoms with Crippen LogP contribution in [0.1, 0.15) is 6.42 Å². The van der Waals surface area contributed by atoms with Crippen molar-refractivity contribution in [3.8, 4) is 0 Å². The first kappa shape index (κ1) is 38.9. The molecule has 6 rings (SSSR count). The van der Waals surface area contributed by atoms with Crippen molar-refractivity contribution in [1.82, 2.24) is 0 Å². The SMILES string of the molecule is [O][C@H]1[C@@H](O)[C@@H](CO)O[C@@H](O[C@@H]2[C@H]3OC[C@@H]2O[C@H](O[C@@H]2[C@@H](O)[C@H](C[C@@H]4[C@H]5OC[C@@H]4O[CH][C@@H]5O)O[C@H](CO)[C@@H]2OS(=O)(=O)[O-])[C@@H]3OS(=O)(=O)[O-])[C@@H]1O. The van der Waals surface area contributed by atoms with Gasteiger partial charge in [0.25, 0.3) is 0 Å². The number of rotatable bonds is 12. The van der Waals surface area contributed by atoms with E-state index < -0.39 is 157 Å². The van der Waals surface area contributed by atoms with Gasteiger partial charge in [-0.15, -0.1) is 0 Å². The lowest BCUT2D eigenvalue weighted by atomic mass is 9.83. The summed E-state index contributed by atoms with van der Waals surface area (Å²) < 4.78 is 125. The van der Waals surface area contributed by atoms with Gasteiger partial charge in [-0.2, -0.15) is 0 Å². The second kappa shape index (κ2) is 15.1. The van der Waals surface area contributed by atoms with E-state index in [1.807, 2.05) is 0 Å². The van der Waals surface area contributed by atoms with E-state index >= 15 is 0 Å². The smallest absolute Gasteiger partial charge is 0.218 e. The Morgan fingerprint density at radius 3 is 1.96 bits per heavy atom. The molecule has 6 fully saturated rings. The highest BCUT2D eigenvalue weighted by atomic mass is 32.3. The fourth-order valence-corrected chi connectivity index (χ4v) is 8.10. The Labute approximate surface area is 284 Å². The summed E-state index contributed by atoms with van der Waals surface area (Å²) in [4.78, 5) is 0. The van der Waals surface area contributed by atoms with E-state index in [1.165, 1.54) is 6.61 Å². The maximum absolute atomic E-state index is 12.4. The number of aliphatic hydroxyl groups excluding tert-OH is 6. The van der Waals surface area contributed by atoms with E-state index in [4.69, 9.17) is 37.9 Å². The molecule has 0 amide bonds. The monoisotopic (exact) mass is 768 g/mol. The fraction of sp³-hybridized carbons (Fsp3) is 0.960. The molecule has 6 saturated heterocycles. The molecule has 6 aliphatic rings. The van der Waals surface area contributed by atoms with E-state index in [1.54, 1.807) is 0 Å². The fourth-order valence-electron chi connectivity index (χ4n) is 7.12. The number of hydrogen-bond acceptors (Lipinski definition) is 22. The number of fused-ring (bicyclic) bond motifs is 4. The van der Waals surface area contributed by atoms with Gasteiger partial charge in [-0.25, -0.2) is 21.9 Å². The van der Waals surface area contributed by atoms with E-state index in [0.717, 1.165) is 0 Å². The summed E-state index contributed by atoms with van der Waals surface area (Å²) in [6.07, 6.45) is -29.6. The van der Waals surface area contributed by atoms with Gasteiger partial charge in [-0.3, -0.25) is 8.37 Å². The highest BCUT2D eigenvalue weighted by Gasteiger charge is 2.59. The molecule has 0 aromatic carbocycles. The zero-order valence-corrected chi connectivity index (χ0v) is 27.2. The molecule has 19 atom stereocenters. The van der Waals surface area contributed by atoms with E-state index in [0.29, 0.717) is 0 Å². The highest BCUT2D eigenvalue weighted by molar-refractivity contribution is 7.81. The van der Waals surface area contributed by atoms with Crippen molar-refractivity contribution in [2.45, 2.75) is 117 Å². The predicted molar refractivity (Wildman–Crippen MR) is 144 cm³/mol. The minimum atomic E-state index is -5.63. The molecule has 2 radical (unpaired) electrons. The Morgan fingerprint density at radius 2 is 1.30 bits per heavy atom. The van der Waals surface area contributed by atoms with Crippen LogP contribution >= 0.6 is 0 Å². The molecule has 4 bridgehead atoms. The van der Waals surface area contributed by atoms with Gasteiger partial charge >= 0.3 is 0 Å². The second-order valence-corrected chi connectivity index (χ2v) is 14.6. The molecule has 288 valence electrons. The van der Waals surface area contributed by atoms with E-state index in [9.17, 15) is 61.7 Å². The summed E-state index contributed by atoms with van der Waals surface area (Å²) in [5.74, 6) is -0.609. The Kier molecular flexibility index (Phi) is 11.7. The van der Waals surface area contributed by atoms with Crippen LogP contribution in [0.25, 0.3) is 0 Å². The number of aliphatic hydroxyl groups is 6. The number of hydrogen-bond donors (Lipinski definition) is 6. The van der Waals surface area contributed by atoms with Crippen LogP contribution < -0.4 is 0 Å². The Bertz CT molecular complexity index is 1380. The lowest BCUT2D eigenvalue weighted by molar-refractivity contribution is -0.353. The van der Waals surface area contributed by atoms with Crippen molar-refractivity contribution in [2.75, 3.05) is 26.4 Å². The lowest BCUT2D eigenvalue weighted by Gasteiger charge is -2.48.